The standard InChI is InChI=1S/C25H23NO4/c1-30-23-14-13-20(17-8-2-3-10-19(17)23)25(29)21-16-26(15-7-6-12-24(27)28)22-11-5-4-9-18(21)22/h2-5,8-11,13-14,16H,6-7,12,15H2,1H3,(H,27,28). The van der Waals surface area contributed by atoms with Gasteiger partial charge in [0.25, 0.3) is 0 Å². The topological polar surface area (TPSA) is 68.5 Å². The molecule has 0 saturated heterocycles. The Bertz CT molecular complexity index is 1240. The number of carbonyl (C=O) groups excluding carboxylic acids is 1. The van der Waals surface area contributed by atoms with Crippen molar-refractivity contribution in [3.63, 3.8) is 0 Å². The molecule has 5 nitrogen and oxygen atoms in total. The number of carbonyl (C=O) groups is 2. The van der Waals surface area contributed by atoms with Gasteiger partial charge in [0.15, 0.2) is 5.78 Å². The molecule has 30 heavy (non-hydrogen) atoms. The second kappa shape index (κ2) is 8.41. The number of benzene rings is 3. The van der Waals surface area contributed by atoms with Crippen molar-refractivity contribution in [1.29, 1.82) is 0 Å². The molecule has 0 aliphatic heterocycles. The number of para-hydroxylation sites is 1. The highest BCUT2D eigenvalue weighted by Gasteiger charge is 2.19. The molecule has 0 aliphatic rings. The number of ketones is 1. The van der Waals surface area contributed by atoms with Gasteiger partial charge in [0.2, 0.25) is 0 Å². The molecule has 1 aromatic heterocycles. The van der Waals surface area contributed by atoms with Crippen molar-refractivity contribution in [2.75, 3.05) is 7.11 Å². The monoisotopic (exact) mass is 401 g/mol. The average molecular weight is 401 g/mol. The fraction of sp³-hybridized carbons (Fsp3) is 0.200. The number of hydrogen-bond donors (Lipinski definition) is 1. The molecular formula is C25H23NO4. The Hall–Kier alpha value is -3.60. The van der Waals surface area contributed by atoms with Crippen LogP contribution in [-0.4, -0.2) is 28.5 Å². The second-order valence-electron chi connectivity index (χ2n) is 7.29. The van der Waals surface area contributed by atoms with E-state index in [0.29, 0.717) is 24.1 Å². The van der Waals surface area contributed by atoms with E-state index in [9.17, 15) is 9.59 Å². The molecule has 0 fully saturated rings. The predicted molar refractivity (Wildman–Crippen MR) is 117 cm³/mol. The number of carboxylic acid groups (broad SMARTS) is 1. The van der Waals surface area contributed by atoms with Crippen LogP contribution in [0.3, 0.4) is 0 Å². The molecule has 0 bridgehead atoms. The van der Waals surface area contributed by atoms with E-state index in [1.165, 1.54) is 0 Å². The Kier molecular flexibility index (Phi) is 5.53. The highest BCUT2D eigenvalue weighted by atomic mass is 16.5. The van der Waals surface area contributed by atoms with Gasteiger partial charge in [0.05, 0.1) is 7.11 Å². The maximum Gasteiger partial charge on any atom is 0.303 e. The molecule has 5 heteroatoms. The summed E-state index contributed by atoms with van der Waals surface area (Å²) in [4.78, 5) is 24.3. The van der Waals surface area contributed by atoms with Gasteiger partial charge in [-0.1, -0.05) is 42.5 Å². The van der Waals surface area contributed by atoms with E-state index in [0.717, 1.165) is 33.8 Å². The number of nitrogens with zero attached hydrogens (tertiary/aromatic N) is 1. The van der Waals surface area contributed by atoms with E-state index in [1.807, 2.05) is 66.9 Å². The van der Waals surface area contributed by atoms with Gasteiger partial charge in [-0.2, -0.15) is 0 Å². The molecule has 0 amide bonds. The van der Waals surface area contributed by atoms with Crippen LogP contribution >= 0.6 is 0 Å². The molecule has 0 unspecified atom stereocenters. The predicted octanol–water partition coefficient (Wildman–Crippen LogP) is 5.29. The van der Waals surface area contributed by atoms with Crippen molar-refractivity contribution in [2.45, 2.75) is 25.8 Å². The Morgan fingerprint density at radius 3 is 2.30 bits per heavy atom. The zero-order valence-electron chi connectivity index (χ0n) is 16.8. The number of aliphatic carboxylic acids is 1. The van der Waals surface area contributed by atoms with Crippen LogP contribution in [-0.2, 0) is 11.3 Å². The summed E-state index contributed by atoms with van der Waals surface area (Å²) in [6, 6.07) is 19.2. The van der Waals surface area contributed by atoms with Crippen molar-refractivity contribution in [1.82, 2.24) is 4.57 Å². The van der Waals surface area contributed by atoms with E-state index in [4.69, 9.17) is 9.84 Å². The Morgan fingerprint density at radius 2 is 1.57 bits per heavy atom. The third-order valence-electron chi connectivity index (χ3n) is 5.42. The molecule has 0 radical (unpaired) electrons. The first-order chi connectivity index (χ1) is 14.6. The first kappa shape index (κ1) is 19.7. The van der Waals surface area contributed by atoms with Crippen LogP contribution in [0.4, 0.5) is 0 Å². The van der Waals surface area contributed by atoms with Crippen molar-refractivity contribution >= 4 is 33.4 Å². The zero-order valence-corrected chi connectivity index (χ0v) is 16.8. The summed E-state index contributed by atoms with van der Waals surface area (Å²) in [6.45, 7) is 0.671. The third kappa shape index (κ3) is 3.66. The number of hydrogen-bond acceptors (Lipinski definition) is 3. The number of ether oxygens (including phenoxy) is 1. The zero-order chi connectivity index (χ0) is 21.1. The van der Waals surface area contributed by atoms with Crippen molar-refractivity contribution in [2.24, 2.45) is 0 Å². The first-order valence-corrected chi connectivity index (χ1v) is 10.00. The number of fused-ring (bicyclic) bond motifs is 2. The van der Waals surface area contributed by atoms with Crippen molar-refractivity contribution in [3.8, 4) is 5.75 Å². The summed E-state index contributed by atoms with van der Waals surface area (Å²) in [5, 5.41) is 11.5. The molecule has 0 aliphatic carbocycles. The Morgan fingerprint density at radius 1 is 0.867 bits per heavy atom. The summed E-state index contributed by atoms with van der Waals surface area (Å²) in [6.07, 6.45) is 3.40. The molecule has 1 heterocycles. The van der Waals surface area contributed by atoms with E-state index >= 15 is 0 Å². The fourth-order valence-corrected chi connectivity index (χ4v) is 3.96. The summed E-state index contributed by atoms with van der Waals surface area (Å²) < 4.78 is 7.51. The number of aryl methyl sites for hydroxylation is 1. The van der Waals surface area contributed by atoms with Crippen LogP contribution in [0.5, 0.6) is 5.75 Å². The summed E-state index contributed by atoms with van der Waals surface area (Å²) in [7, 11) is 1.63. The van der Waals surface area contributed by atoms with Gasteiger partial charge in [-0.05, 0) is 36.4 Å². The van der Waals surface area contributed by atoms with Crippen LogP contribution in [0, 0.1) is 0 Å². The van der Waals surface area contributed by atoms with E-state index in [2.05, 4.69) is 4.57 Å². The lowest BCUT2D eigenvalue weighted by molar-refractivity contribution is -0.137. The number of rotatable bonds is 8. The van der Waals surface area contributed by atoms with Gasteiger partial charge in [-0.15, -0.1) is 0 Å². The quantitative estimate of drug-likeness (QED) is 0.322. The van der Waals surface area contributed by atoms with E-state index < -0.39 is 5.97 Å². The van der Waals surface area contributed by atoms with Gasteiger partial charge in [-0.3, -0.25) is 9.59 Å². The minimum absolute atomic E-state index is 0.0330. The lowest BCUT2D eigenvalue weighted by Crippen LogP contribution is -2.03. The van der Waals surface area contributed by atoms with Crippen LogP contribution < -0.4 is 4.74 Å². The Balaban J connectivity index is 1.74. The molecule has 3 aromatic carbocycles. The van der Waals surface area contributed by atoms with Gasteiger partial charge in [0.1, 0.15) is 5.75 Å². The number of carboxylic acids is 1. The van der Waals surface area contributed by atoms with Crippen LogP contribution in [0.1, 0.15) is 35.2 Å². The van der Waals surface area contributed by atoms with Crippen LogP contribution in [0.15, 0.2) is 66.9 Å². The molecule has 4 aromatic rings. The van der Waals surface area contributed by atoms with Crippen LogP contribution in [0.25, 0.3) is 21.7 Å². The van der Waals surface area contributed by atoms with Gasteiger partial charge >= 0.3 is 5.97 Å². The van der Waals surface area contributed by atoms with Crippen LogP contribution in [0.2, 0.25) is 0 Å². The molecule has 0 spiro atoms. The highest BCUT2D eigenvalue weighted by molar-refractivity contribution is 6.21. The lowest BCUT2D eigenvalue weighted by Gasteiger charge is -2.09. The number of aromatic nitrogens is 1. The summed E-state index contributed by atoms with van der Waals surface area (Å²) >= 11 is 0. The maximum atomic E-state index is 13.6. The van der Waals surface area contributed by atoms with Crippen molar-refractivity contribution < 1.29 is 19.4 Å². The molecule has 0 atom stereocenters. The minimum atomic E-state index is -0.783. The Labute approximate surface area is 174 Å². The maximum absolute atomic E-state index is 13.6. The number of unbranched alkanes of at least 4 members (excludes halogenated alkanes) is 1. The largest absolute Gasteiger partial charge is 0.496 e. The van der Waals surface area contributed by atoms with E-state index in [-0.39, 0.29) is 12.2 Å². The van der Waals surface area contributed by atoms with Gasteiger partial charge in [-0.25, -0.2) is 0 Å². The second-order valence-corrected chi connectivity index (χ2v) is 7.29. The molecule has 0 saturated carbocycles. The molecule has 152 valence electrons. The van der Waals surface area contributed by atoms with Gasteiger partial charge in [0, 0.05) is 46.6 Å². The number of methoxy groups -OCH3 is 1. The lowest BCUT2D eigenvalue weighted by atomic mass is 9.96. The third-order valence-corrected chi connectivity index (χ3v) is 5.42. The normalized spacial score (nSPS) is 11.1. The molecular weight excluding hydrogens is 378 g/mol. The highest BCUT2D eigenvalue weighted by Crippen LogP contribution is 2.31. The smallest absolute Gasteiger partial charge is 0.303 e. The molecule has 4 rings (SSSR count). The SMILES string of the molecule is COc1ccc(C(=O)c2cn(CCCCC(=O)O)c3ccccc23)c2ccccc12. The summed E-state index contributed by atoms with van der Waals surface area (Å²) in [5.74, 6) is -0.0769. The van der Waals surface area contributed by atoms with Crippen molar-refractivity contribution in [3.05, 3.63) is 78.0 Å². The molecule has 1 N–H and O–H groups in total. The van der Waals surface area contributed by atoms with E-state index in [1.54, 1.807) is 7.11 Å². The minimum Gasteiger partial charge on any atom is -0.496 e. The van der Waals surface area contributed by atoms with Gasteiger partial charge < -0.3 is 14.4 Å². The fourth-order valence-electron chi connectivity index (χ4n) is 3.96. The summed E-state index contributed by atoms with van der Waals surface area (Å²) in [5.41, 5.74) is 2.27. The average Bonchev–Trinajstić information content (AvgIpc) is 3.14. The first-order valence-electron chi connectivity index (χ1n) is 10.00.